The molecule has 0 heterocycles. The predicted molar refractivity (Wildman–Crippen MR) is 48.2 cm³/mol. The van der Waals surface area contributed by atoms with Crippen molar-refractivity contribution in [3.63, 3.8) is 0 Å². The average Bonchev–Trinajstić information content (AvgIpc) is 2.05. The monoisotopic (exact) mass is 370 g/mol. The van der Waals surface area contributed by atoms with Gasteiger partial charge in [0.1, 0.15) is 0 Å². The summed E-state index contributed by atoms with van der Waals surface area (Å²) >= 11 is -0.585. The molecule has 3 N–H and O–H groups in total. The van der Waals surface area contributed by atoms with Gasteiger partial charge in [0, 0.05) is 0 Å². The van der Waals surface area contributed by atoms with Crippen LogP contribution in [0.1, 0.15) is 0 Å². The molecule has 0 unspecified atom stereocenters. The van der Waals surface area contributed by atoms with Crippen LogP contribution >= 0.6 is 19.4 Å². The quantitative estimate of drug-likeness (QED) is 0.534. The maximum absolute atomic E-state index is 11.1. The van der Waals surface area contributed by atoms with E-state index in [0.29, 0.717) is 0 Å². The summed E-state index contributed by atoms with van der Waals surface area (Å²) in [6.45, 7) is 0. The van der Waals surface area contributed by atoms with E-state index in [2.05, 4.69) is 6.57 Å². The Kier molecular flexibility index (Phi) is 4.30. The normalized spacial score (nSPS) is 12.4. The van der Waals surface area contributed by atoms with Crippen molar-refractivity contribution < 1.29 is 49.6 Å². The molecule has 17 heavy (non-hydrogen) atoms. The maximum atomic E-state index is 11.1. The van der Waals surface area contributed by atoms with Crippen LogP contribution in [0.2, 0.25) is 5.02 Å². The van der Waals surface area contributed by atoms with Crippen LogP contribution in [0.5, 0.6) is 11.5 Å². The predicted octanol–water partition coefficient (Wildman–Crippen LogP) is 1.21. The van der Waals surface area contributed by atoms with Gasteiger partial charge in [-0.2, -0.15) is 0 Å². The van der Waals surface area contributed by atoms with E-state index in [1.54, 1.807) is 0 Å². The first-order chi connectivity index (χ1) is 7.59. The van der Waals surface area contributed by atoms with Crippen molar-refractivity contribution in [1.82, 2.24) is 0 Å². The van der Waals surface area contributed by atoms with Gasteiger partial charge in [0.2, 0.25) is 0 Å². The van der Waals surface area contributed by atoms with Gasteiger partial charge in [-0.05, 0) is 0 Å². The van der Waals surface area contributed by atoms with Gasteiger partial charge in [0.25, 0.3) is 0 Å². The molecule has 1 rings (SSSR count). The van der Waals surface area contributed by atoms with Crippen LogP contribution in [-0.4, -0.2) is 14.9 Å². The van der Waals surface area contributed by atoms with Gasteiger partial charge in [0.15, 0.2) is 0 Å². The van der Waals surface area contributed by atoms with Crippen molar-refractivity contribution in [2.45, 2.75) is 0 Å². The molecule has 96 valence electrons. The zero-order chi connectivity index (χ0) is 13.3. The Morgan fingerprint density at radius 2 is 1.88 bits per heavy atom. The number of phenols is 1. The molecule has 1 aromatic rings. The summed E-state index contributed by atoms with van der Waals surface area (Å²) in [7, 11) is -5.21. The molecule has 0 aromatic heterocycles. The molecule has 0 bridgehead atoms. The van der Waals surface area contributed by atoms with Crippen LogP contribution in [0.25, 0.3) is 0 Å². The number of benzene rings is 1. The van der Waals surface area contributed by atoms with Crippen LogP contribution in [0.3, 0.4) is 0 Å². The summed E-state index contributed by atoms with van der Waals surface area (Å²) in [5, 5.41) is 8.74. The topological polar surface area (TPSA) is 130 Å². The van der Waals surface area contributed by atoms with Gasteiger partial charge in [-0.25, -0.2) is 0 Å². The van der Waals surface area contributed by atoms with E-state index >= 15 is 0 Å². The van der Waals surface area contributed by atoms with Gasteiger partial charge < -0.3 is 0 Å². The number of halogens is 1. The second-order valence-corrected chi connectivity index (χ2v) is 7.72. The second kappa shape index (κ2) is 5.02. The van der Waals surface area contributed by atoms with Gasteiger partial charge in [-0.15, -0.1) is 0 Å². The molecule has 0 aliphatic rings. The van der Waals surface area contributed by atoms with Crippen LogP contribution in [0.15, 0.2) is 18.2 Å². The second-order valence-electron chi connectivity index (χ2n) is 2.67. The molecule has 0 spiro atoms. The molecular weight excluding hydrogens is 362 g/mol. The van der Waals surface area contributed by atoms with Crippen LogP contribution in [-0.2, 0) is 31.3 Å². The number of rotatable bonds is 4. The molecule has 0 atom stereocenters. The Balaban J connectivity index is 2.95. The van der Waals surface area contributed by atoms with Gasteiger partial charge >= 0.3 is 104 Å². The van der Waals surface area contributed by atoms with E-state index in [1.165, 1.54) is 0 Å². The van der Waals surface area contributed by atoms with Crippen molar-refractivity contribution in [2.75, 3.05) is 0 Å². The third-order valence-electron chi connectivity index (χ3n) is 1.30. The number of phosphoric acid groups is 1. The fourth-order valence-electron chi connectivity index (χ4n) is 0.801. The van der Waals surface area contributed by atoms with Crippen molar-refractivity contribution in [2.24, 2.45) is 0 Å². The number of aromatic hydroxyl groups is 1. The zero-order valence-corrected chi connectivity index (χ0v) is 11.5. The first-order valence-corrected chi connectivity index (χ1v) is 8.97. The first kappa shape index (κ1) is 14.6. The van der Waals surface area contributed by atoms with Gasteiger partial charge in [0.05, 0.1) is 0 Å². The molecular formula is C6H6ClMoO8P. The average molecular weight is 368 g/mol. The van der Waals surface area contributed by atoms with E-state index in [9.17, 15) is 11.4 Å². The third kappa shape index (κ3) is 5.12. The molecule has 0 aliphatic heterocycles. The number of hydrogen-bond donors (Lipinski definition) is 3. The van der Waals surface area contributed by atoms with Crippen molar-refractivity contribution in [3.05, 3.63) is 23.2 Å². The summed E-state index contributed by atoms with van der Waals surface area (Å²) in [5.41, 5.74) is 0. The van der Waals surface area contributed by atoms with E-state index in [-0.39, 0.29) is 10.8 Å². The summed E-state index contributed by atoms with van der Waals surface area (Å²) in [6.07, 6.45) is 0. The molecule has 0 aliphatic carbocycles. The van der Waals surface area contributed by atoms with Crippen LogP contribution in [0, 0.1) is 0 Å². The standard InChI is InChI=1S/C6H5ClO2.Mo.H3O4P.2O/c7-5-3-4(8)1-2-6(5)9;;1-5(2,3)4;;/h1-3,8-9H;;(H3,1,2,3,4);;/q;+2;;;/p-2. The van der Waals surface area contributed by atoms with Crippen LogP contribution in [0.4, 0.5) is 0 Å². The van der Waals surface area contributed by atoms with Crippen LogP contribution < -0.4 is 3.39 Å². The van der Waals surface area contributed by atoms with Crippen molar-refractivity contribution in [1.29, 1.82) is 0 Å². The fraction of sp³-hybridized carbons (Fsp3) is 0. The Bertz CT molecular complexity index is 563. The number of hydrogen-bond acceptors (Lipinski definition) is 6. The molecule has 0 saturated carbocycles. The Labute approximate surface area is 104 Å². The van der Waals surface area contributed by atoms with E-state index in [4.69, 9.17) is 26.5 Å². The van der Waals surface area contributed by atoms with E-state index in [1.807, 2.05) is 0 Å². The minimum atomic E-state index is -6.11. The molecule has 0 fully saturated rings. The SMILES string of the molecule is O=P(O)(O)[O][Mo](=[O])(=[O])[O]c1ccc(O)cc1Cl. The first-order valence-electron chi connectivity index (χ1n) is 3.79. The molecule has 8 nitrogen and oxygen atoms in total. The number of phenolic OH excluding ortho intramolecular Hbond substituents is 1. The molecule has 0 amide bonds. The van der Waals surface area contributed by atoms with Crippen molar-refractivity contribution in [3.8, 4) is 11.5 Å². The fourth-order valence-corrected chi connectivity index (χ4v) is 4.28. The molecule has 0 radical (unpaired) electrons. The Morgan fingerprint density at radius 1 is 1.29 bits per heavy atom. The zero-order valence-electron chi connectivity index (χ0n) is 7.85. The summed E-state index contributed by atoms with van der Waals surface area (Å²) in [6, 6.07) is 3.08. The molecule has 11 heteroatoms. The van der Waals surface area contributed by atoms with Gasteiger partial charge in [-0.3, -0.25) is 0 Å². The van der Waals surface area contributed by atoms with E-state index < -0.39 is 30.3 Å². The Morgan fingerprint density at radius 3 is 2.35 bits per heavy atom. The molecule has 0 saturated heterocycles. The van der Waals surface area contributed by atoms with E-state index in [0.717, 1.165) is 18.2 Å². The Hall–Kier alpha value is -0.492. The third-order valence-corrected chi connectivity index (χ3v) is 5.69. The summed E-state index contributed by atoms with van der Waals surface area (Å²) in [4.78, 5) is 16.7. The van der Waals surface area contributed by atoms with Crippen molar-refractivity contribution >= 4 is 19.4 Å². The summed E-state index contributed by atoms with van der Waals surface area (Å²) in [5.74, 6) is -0.627. The molecule has 1 aromatic carbocycles. The van der Waals surface area contributed by atoms with Gasteiger partial charge in [-0.1, -0.05) is 0 Å². The summed E-state index contributed by atoms with van der Waals surface area (Å²) < 4.78 is 40.3. The minimum absolute atomic E-state index is 0.228.